The van der Waals surface area contributed by atoms with E-state index < -0.39 is 5.97 Å². The Morgan fingerprint density at radius 1 is 1.50 bits per heavy atom. The number of aryl methyl sites for hydroxylation is 1. The molecule has 0 unspecified atom stereocenters. The molecule has 6 heteroatoms. The van der Waals surface area contributed by atoms with Gasteiger partial charge in [-0.05, 0) is 24.6 Å². The first-order valence-corrected chi connectivity index (χ1v) is 5.53. The Bertz CT molecular complexity index is 607. The molecule has 0 atom stereocenters. The lowest BCUT2D eigenvalue weighted by Gasteiger charge is -2.11. The van der Waals surface area contributed by atoms with Crippen molar-refractivity contribution in [2.24, 2.45) is 0 Å². The molecule has 94 valence electrons. The summed E-state index contributed by atoms with van der Waals surface area (Å²) in [6.07, 6.45) is 1.33. The van der Waals surface area contributed by atoms with Crippen LogP contribution >= 0.6 is 11.6 Å². The van der Waals surface area contributed by atoms with Crippen LogP contribution in [0.3, 0.4) is 0 Å². The molecule has 0 spiro atoms. The quantitative estimate of drug-likeness (QED) is 0.896. The minimum absolute atomic E-state index is 0.00923. The maximum absolute atomic E-state index is 11.1. The topological polar surface area (TPSA) is 75.2 Å². The molecular weight excluding hydrogens is 256 g/mol. The van der Waals surface area contributed by atoms with Gasteiger partial charge in [0.15, 0.2) is 5.69 Å². The number of nitrogens with one attached hydrogen (secondary N) is 1. The zero-order valence-electron chi connectivity index (χ0n) is 9.82. The minimum atomic E-state index is -1.08. The zero-order chi connectivity index (χ0) is 13.3. The average molecular weight is 267 g/mol. The summed E-state index contributed by atoms with van der Waals surface area (Å²) in [6, 6.07) is 3.38. The number of aromatic nitrogens is 2. The van der Waals surface area contributed by atoms with Crippen LogP contribution in [0.5, 0.6) is 5.75 Å². The Hall–Kier alpha value is -2.01. The SMILES string of the molecule is COc1c(C)cc(Cl)cc1-c1nc[nH]c1C(=O)O. The molecule has 0 aliphatic heterocycles. The number of H-pyrrole nitrogens is 1. The number of rotatable bonds is 3. The van der Waals surface area contributed by atoms with Crippen LogP contribution in [-0.4, -0.2) is 28.2 Å². The van der Waals surface area contributed by atoms with E-state index in [0.29, 0.717) is 22.0 Å². The Labute approximate surface area is 108 Å². The number of carbonyl (C=O) groups is 1. The number of carboxylic acid groups (broad SMARTS) is 1. The number of imidazole rings is 1. The molecule has 0 amide bonds. The van der Waals surface area contributed by atoms with Crippen LogP contribution in [0.4, 0.5) is 0 Å². The molecule has 0 saturated heterocycles. The Morgan fingerprint density at radius 2 is 2.22 bits per heavy atom. The van der Waals surface area contributed by atoms with Crippen molar-refractivity contribution >= 4 is 17.6 Å². The molecule has 0 bridgehead atoms. The summed E-state index contributed by atoms with van der Waals surface area (Å²) < 4.78 is 5.28. The lowest BCUT2D eigenvalue weighted by Crippen LogP contribution is -2.01. The fourth-order valence-electron chi connectivity index (χ4n) is 1.84. The third-order valence-electron chi connectivity index (χ3n) is 2.55. The number of nitrogens with zero attached hydrogens (tertiary/aromatic N) is 1. The monoisotopic (exact) mass is 266 g/mol. The van der Waals surface area contributed by atoms with E-state index >= 15 is 0 Å². The highest BCUT2D eigenvalue weighted by atomic mass is 35.5. The van der Waals surface area contributed by atoms with Crippen LogP contribution in [0.25, 0.3) is 11.3 Å². The van der Waals surface area contributed by atoms with E-state index in [4.69, 9.17) is 21.4 Å². The lowest BCUT2D eigenvalue weighted by atomic mass is 10.1. The predicted molar refractivity (Wildman–Crippen MR) is 67.3 cm³/mol. The largest absolute Gasteiger partial charge is 0.496 e. The van der Waals surface area contributed by atoms with Gasteiger partial charge in [0.2, 0.25) is 0 Å². The number of aromatic carboxylic acids is 1. The van der Waals surface area contributed by atoms with Crippen LogP contribution in [0.15, 0.2) is 18.5 Å². The van der Waals surface area contributed by atoms with Gasteiger partial charge in [-0.1, -0.05) is 11.6 Å². The fraction of sp³-hybridized carbons (Fsp3) is 0.167. The number of carboxylic acids is 1. The summed E-state index contributed by atoms with van der Waals surface area (Å²) in [5.41, 5.74) is 1.69. The van der Waals surface area contributed by atoms with E-state index in [1.165, 1.54) is 13.4 Å². The van der Waals surface area contributed by atoms with Gasteiger partial charge in [0.05, 0.1) is 13.4 Å². The molecule has 2 rings (SSSR count). The molecule has 1 aromatic heterocycles. The van der Waals surface area contributed by atoms with Crippen molar-refractivity contribution in [2.75, 3.05) is 7.11 Å². The van der Waals surface area contributed by atoms with Gasteiger partial charge in [-0.15, -0.1) is 0 Å². The highest BCUT2D eigenvalue weighted by molar-refractivity contribution is 6.31. The molecule has 0 saturated carbocycles. The van der Waals surface area contributed by atoms with Crippen molar-refractivity contribution in [1.29, 1.82) is 0 Å². The third kappa shape index (κ3) is 2.04. The number of benzene rings is 1. The summed E-state index contributed by atoms with van der Waals surface area (Å²) in [5.74, 6) is -0.517. The second-order valence-corrected chi connectivity index (χ2v) is 4.17. The van der Waals surface area contributed by atoms with E-state index in [0.717, 1.165) is 5.56 Å². The van der Waals surface area contributed by atoms with Gasteiger partial charge in [0, 0.05) is 10.6 Å². The van der Waals surface area contributed by atoms with Crippen LogP contribution in [0, 0.1) is 6.92 Å². The normalized spacial score (nSPS) is 10.4. The molecule has 5 nitrogen and oxygen atoms in total. The molecule has 1 aromatic carbocycles. The summed E-state index contributed by atoms with van der Waals surface area (Å²) >= 11 is 5.99. The average Bonchev–Trinajstić information content (AvgIpc) is 2.76. The third-order valence-corrected chi connectivity index (χ3v) is 2.77. The molecule has 2 aromatic rings. The number of halogens is 1. The van der Waals surface area contributed by atoms with Gasteiger partial charge in [-0.25, -0.2) is 9.78 Å². The Morgan fingerprint density at radius 3 is 2.83 bits per heavy atom. The van der Waals surface area contributed by atoms with Crippen molar-refractivity contribution < 1.29 is 14.6 Å². The first kappa shape index (κ1) is 12.4. The molecule has 0 aliphatic carbocycles. The molecule has 0 aliphatic rings. The molecule has 1 heterocycles. The summed E-state index contributed by atoms with van der Waals surface area (Å²) in [5, 5.41) is 9.58. The van der Waals surface area contributed by atoms with Gasteiger partial charge < -0.3 is 14.8 Å². The molecule has 18 heavy (non-hydrogen) atoms. The molecule has 0 radical (unpaired) electrons. The summed E-state index contributed by atoms with van der Waals surface area (Å²) in [4.78, 5) is 17.7. The van der Waals surface area contributed by atoms with Crippen LogP contribution < -0.4 is 4.74 Å². The fourth-order valence-corrected chi connectivity index (χ4v) is 2.11. The van der Waals surface area contributed by atoms with Gasteiger partial charge in [-0.2, -0.15) is 0 Å². The number of ether oxygens (including phenoxy) is 1. The molecular formula is C12H11ClN2O3. The minimum Gasteiger partial charge on any atom is -0.496 e. The predicted octanol–water partition coefficient (Wildman–Crippen LogP) is 2.75. The molecule has 2 N–H and O–H groups in total. The highest BCUT2D eigenvalue weighted by Gasteiger charge is 2.19. The van der Waals surface area contributed by atoms with Crippen molar-refractivity contribution in [1.82, 2.24) is 9.97 Å². The number of aromatic amines is 1. The van der Waals surface area contributed by atoms with E-state index in [1.807, 2.05) is 6.92 Å². The van der Waals surface area contributed by atoms with E-state index in [1.54, 1.807) is 12.1 Å². The lowest BCUT2D eigenvalue weighted by molar-refractivity contribution is 0.0692. The van der Waals surface area contributed by atoms with Gasteiger partial charge in [0.1, 0.15) is 11.4 Å². The zero-order valence-corrected chi connectivity index (χ0v) is 10.6. The smallest absolute Gasteiger partial charge is 0.354 e. The van der Waals surface area contributed by atoms with E-state index in [9.17, 15) is 4.79 Å². The first-order valence-electron chi connectivity index (χ1n) is 5.15. The number of methoxy groups -OCH3 is 1. The first-order chi connectivity index (χ1) is 8.54. The summed E-state index contributed by atoms with van der Waals surface area (Å²) in [7, 11) is 1.52. The van der Waals surface area contributed by atoms with E-state index in [2.05, 4.69) is 9.97 Å². The van der Waals surface area contributed by atoms with Gasteiger partial charge in [-0.3, -0.25) is 0 Å². The standard InChI is InChI=1S/C12H11ClN2O3/c1-6-3-7(13)4-8(11(6)18-2)9-10(12(16)17)15-5-14-9/h3-5H,1-2H3,(H,14,15)(H,16,17). The van der Waals surface area contributed by atoms with Crippen molar-refractivity contribution in [3.63, 3.8) is 0 Å². The van der Waals surface area contributed by atoms with Crippen molar-refractivity contribution in [3.8, 4) is 17.0 Å². The van der Waals surface area contributed by atoms with E-state index in [-0.39, 0.29) is 5.69 Å². The second kappa shape index (κ2) is 4.70. The maximum Gasteiger partial charge on any atom is 0.354 e. The second-order valence-electron chi connectivity index (χ2n) is 3.73. The molecule has 0 fully saturated rings. The van der Waals surface area contributed by atoms with Crippen LogP contribution in [0.2, 0.25) is 5.02 Å². The number of hydrogen-bond acceptors (Lipinski definition) is 3. The van der Waals surface area contributed by atoms with Crippen LogP contribution in [-0.2, 0) is 0 Å². The van der Waals surface area contributed by atoms with Crippen molar-refractivity contribution in [2.45, 2.75) is 6.92 Å². The van der Waals surface area contributed by atoms with Gasteiger partial charge >= 0.3 is 5.97 Å². The van der Waals surface area contributed by atoms with Gasteiger partial charge in [0.25, 0.3) is 0 Å². The van der Waals surface area contributed by atoms with Crippen LogP contribution in [0.1, 0.15) is 16.1 Å². The highest BCUT2D eigenvalue weighted by Crippen LogP contribution is 2.35. The Kier molecular flexibility index (Phi) is 3.25. The Balaban J connectivity index is 2.70. The number of hydrogen-bond donors (Lipinski definition) is 2. The van der Waals surface area contributed by atoms with Crippen molar-refractivity contribution in [3.05, 3.63) is 34.7 Å². The summed E-state index contributed by atoms with van der Waals surface area (Å²) in [6.45, 7) is 1.83. The maximum atomic E-state index is 11.1.